The van der Waals surface area contributed by atoms with Crippen LogP contribution in [0.5, 0.6) is 5.75 Å². The van der Waals surface area contributed by atoms with Crippen LogP contribution in [0.3, 0.4) is 0 Å². The highest BCUT2D eigenvalue weighted by atomic mass is 35.5. The van der Waals surface area contributed by atoms with Crippen molar-refractivity contribution in [3.05, 3.63) is 71.2 Å². The first-order valence-electron chi connectivity index (χ1n) is 12.5. The summed E-state index contributed by atoms with van der Waals surface area (Å²) in [6.45, 7) is 6.74. The van der Waals surface area contributed by atoms with Crippen LogP contribution in [0.2, 0.25) is 5.02 Å². The van der Waals surface area contributed by atoms with E-state index in [-0.39, 0.29) is 24.0 Å². The van der Waals surface area contributed by atoms with Crippen LogP contribution in [0, 0.1) is 0 Å². The van der Waals surface area contributed by atoms with E-state index in [1.54, 1.807) is 68.4 Å². The fourth-order valence-electron chi connectivity index (χ4n) is 3.68. The quantitative estimate of drug-likeness (QED) is 0.220. The molecule has 3 N–H and O–H groups in total. The highest BCUT2D eigenvalue weighted by Gasteiger charge is 2.38. The second-order valence-electron chi connectivity index (χ2n) is 9.54. The molecule has 0 atom stereocenters. The molecule has 0 aliphatic heterocycles. The number of para-hydroxylation sites is 1. The third kappa shape index (κ3) is 8.04. The van der Waals surface area contributed by atoms with Crippen LogP contribution in [0.25, 0.3) is 0 Å². The van der Waals surface area contributed by atoms with E-state index >= 15 is 0 Å². The Kier molecular flexibility index (Phi) is 9.96. The molecule has 0 fully saturated rings. The highest BCUT2D eigenvalue weighted by molar-refractivity contribution is 7.92. The van der Waals surface area contributed by atoms with Crippen molar-refractivity contribution >= 4 is 50.1 Å². The normalized spacial score (nSPS) is 11.9. The van der Waals surface area contributed by atoms with Gasteiger partial charge < -0.3 is 20.7 Å². The van der Waals surface area contributed by atoms with Crippen LogP contribution in [0.1, 0.15) is 33.3 Å². The summed E-state index contributed by atoms with van der Waals surface area (Å²) in [6, 6.07) is 16.8. The third-order valence-electron chi connectivity index (χ3n) is 5.69. The van der Waals surface area contributed by atoms with Crippen molar-refractivity contribution in [1.82, 2.24) is 5.32 Å². The number of carbonyl (C=O) groups is 1. The number of benzene rings is 3. The Labute approximate surface area is 237 Å². The maximum absolute atomic E-state index is 12.9. The number of nitrogens with one attached hydrogen (secondary N) is 3. The molecule has 12 heteroatoms. The molecule has 0 radical (unpaired) electrons. The molecule has 7 nitrogen and oxygen atoms in total. The van der Waals surface area contributed by atoms with Crippen LogP contribution >= 0.6 is 11.6 Å². The fraction of sp³-hybridized carbons (Fsp3) is 0.321. The molecule has 0 aromatic heterocycles. The third-order valence-corrected chi connectivity index (χ3v) is 8.23. The molecule has 0 saturated carbocycles. The van der Waals surface area contributed by atoms with Crippen molar-refractivity contribution in [1.29, 1.82) is 0 Å². The molecule has 0 aliphatic carbocycles. The van der Waals surface area contributed by atoms with Crippen molar-refractivity contribution in [3.8, 4) is 5.75 Å². The molecular formula is C28H31ClF3N3O4S. The van der Waals surface area contributed by atoms with Gasteiger partial charge in [0.05, 0.1) is 38.3 Å². The van der Waals surface area contributed by atoms with Crippen molar-refractivity contribution in [2.24, 2.45) is 0 Å². The lowest BCUT2D eigenvalue weighted by Gasteiger charge is -2.19. The second-order valence-corrected chi connectivity index (χ2v) is 12.4. The molecular weight excluding hydrogens is 567 g/mol. The number of hydrogen-bond donors (Lipinski definition) is 3. The van der Waals surface area contributed by atoms with Crippen LogP contribution in [0.4, 0.5) is 35.9 Å². The van der Waals surface area contributed by atoms with Crippen molar-refractivity contribution in [2.75, 3.05) is 17.2 Å². The Balaban J connectivity index is 1.88. The second kappa shape index (κ2) is 12.8. The summed E-state index contributed by atoms with van der Waals surface area (Å²) in [5, 5.41) is 7.97. The van der Waals surface area contributed by atoms with Gasteiger partial charge in [0.2, 0.25) is 0 Å². The van der Waals surface area contributed by atoms with E-state index in [9.17, 15) is 26.4 Å². The van der Waals surface area contributed by atoms with E-state index in [4.69, 9.17) is 16.3 Å². The Bertz CT molecular complexity index is 1460. The number of rotatable bonds is 11. The van der Waals surface area contributed by atoms with Gasteiger partial charge in [0.25, 0.3) is 0 Å². The minimum absolute atomic E-state index is 0.150. The lowest BCUT2D eigenvalue weighted by atomic mass is 10.1. The molecule has 0 heterocycles. The average molecular weight is 598 g/mol. The van der Waals surface area contributed by atoms with E-state index in [2.05, 4.69) is 10.6 Å². The van der Waals surface area contributed by atoms with Gasteiger partial charge in [0.15, 0.2) is 9.84 Å². The Morgan fingerprint density at radius 2 is 1.62 bits per heavy atom. The van der Waals surface area contributed by atoms with Crippen LogP contribution in [-0.4, -0.2) is 38.4 Å². The predicted molar refractivity (Wildman–Crippen MR) is 152 cm³/mol. The summed E-state index contributed by atoms with van der Waals surface area (Å²) in [5.41, 5.74) is 2.63. The van der Waals surface area contributed by atoms with Crippen LogP contribution < -0.4 is 20.7 Å². The zero-order valence-electron chi connectivity index (χ0n) is 22.4. The Morgan fingerprint density at radius 3 is 2.27 bits per heavy atom. The molecule has 40 heavy (non-hydrogen) atoms. The number of alkyl halides is 3. The van der Waals surface area contributed by atoms with Gasteiger partial charge in [0, 0.05) is 12.2 Å². The van der Waals surface area contributed by atoms with Crippen LogP contribution in [0.15, 0.2) is 65.6 Å². The molecule has 3 aromatic carbocycles. The topological polar surface area (TPSA) is 96.5 Å². The summed E-state index contributed by atoms with van der Waals surface area (Å²) in [7, 11) is -3.57. The summed E-state index contributed by atoms with van der Waals surface area (Å²) in [6.07, 6.45) is -4.94. The highest BCUT2D eigenvalue weighted by Crippen LogP contribution is 2.35. The first kappa shape index (κ1) is 31.1. The van der Waals surface area contributed by atoms with Gasteiger partial charge in [-0.25, -0.2) is 8.42 Å². The zero-order chi connectivity index (χ0) is 29.7. The number of amides is 1. The first-order valence-corrected chi connectivity index (χ1v) is 14.4. The molecule has 0 aliphatic rings. The average Bonchev–Trinajstić information content (AvgIpc) is 2.86. The molecule has 0 unspecified atom stereocenters. The van der Waals surface area contributed by atoms with Crippen molar-refractivity contribution in [3.63, 3.8) is 0 Å². The molecule has 1 amide bonds. The van der Waals surface area contributed by atoms with Gasteiger partial charge in [-0.3, -0.25) is 4.79 Å². The molecule has 0 saturated heterocycles. The Hall–Kier alpha value is -3.44. The number of halogens is 4. The van der Waals surface area contributed by atoms with E-state index in [1.807, 2.05) is 19.2 Å². The maximum atomic E-state index is 12.9. The number of carbonyl (C=O) groups excluding carboxylic acids is 1. The minimum Gasteiger partial charge on any atom is -0.489 e. The summed E-state index contributed by atoms with van der Waals surface area (Å²) in [4.78, 5) is 11.3. The molecule has 3 aromatic rings. The van der Waals surface area contributed by atoms with Gasteiger partial charge in [0.1, 0.15) is 5.75 Å². The summed E-state index contributed by atoms with van der Waals surface area (Å²) >= 11 is 6.44. The first-order chi connectivity index (χ1) is 18.7. The van der Waals surface area contributed by atoms with Gasteiger partial charge >= 0.3 is 12.1 Å². The minimum atomic E-state index is -4.94. The smallest absolute Gasteiger partial charge is 0.471 e. The predicted octanol–water partition coefficient (Wildman–Crippen LogP) is 7.02. The zero-order valence-corrected chi connectivity index (χ0v) is 24.0. The lowest BCUT2D eigenvalue weighted by molar-refractivity contribution is -0.173. The van der Waals surface area contributed by atoms with Crippen LogP contribution in [-0.2, 0) is 21.1 Å². The van der Waals surface area contributed by atoms with Crippen molar-refractivity contribution in [2.45, 2.75) is 56.5 Å². The molecule has 0 bridgehead atoms. The maximum Gasteiger partial charge on any atom is 0.471 e. The van der Waals surface area contributed by atoms with Gasteiger partial charge in [-0.15, -0.1) is 0 Å². The van der Waals surface area contributed by atoms with Gasteiger partial charge in [-0.05, 0) is 82.1 Å². The molecule has 0 spiro atoms. The monoisotopic (exact) mass is 597 g/mol. The van der Waals surface area contributed by atoms with Crippen molar-refractivity contribution < 1.29 is 31.1 Å². The number of ether oxygens (including phenoxy) is 1. The van der Waals surface area contributed by atoms with Gasteiger partial charge in [-0.2, -0.15) is 13.2 Å². The number of hydrogen-bond acceptors (Lipinski definition) is 6. The Morgan fingerprint density at radius 1 is 0.925 bits per heavy atom. The summed E-state index contributed by atoms with van der Waals surface area (Å²) < 4.78 is 69.1. The van der Waals surface area contributed by atoms with E-state index in [0.29, 0.717) is 39.1 Å². The number of anilines is 4. The van der Waals surface area contributed by atoms with E-state index < -0.39 is 27.2 Å². The standard InChI is InChI=1S/C28H31ClF3N3O4S/c1-17(2)39-25-12-9-19(13-14-33-27(36)28(30,31)32)15-24(25)34-20-10-11-21(29)23(16-20)35-22-7-5-6-8-26(22)40(37,38)18(3)4/h5-12,15-18,34-35H,13-14H2,1-4H3,(H,33,36). The molecule has 3 rings (SSSR count). The van der Waals surface area contributed by atoms with E-state index in [0.717, 1.165) is 0 Å². The summed E-state index contributed by atoms with van der Waals surface area (Å²) in [5.74, 6) is -1.48. The fourth-order valence-corrected chi connectivity index (χ4v) is 5.05. The SMILES string of the molecule is CC(C)Oc1ccc(CCNC(=O)C(F)(F)F)cc1Nc1ccc(Cl)c(Nc2ccccc2S(=O)(=O)C(C)C)c1. The molecule has 216 valence electrons. The van der Waals surface area contributed by atoms with Gasteiger partial charge in [-0.1, -0.05) is 29.8 Å². The largest absolute Gasteiger partial charge is 0.489 e. The van der Waals surface area contributed by atoms with E-state index in [1.165, 1.54) is 6.07 Å². The number of sulfone groups is 1. The lowest BCUT2D eigenvalue weighted by Crippen LogP contribution is -2.37.